The van der Waals surface area contributed by atoms with Gasteiger partial charge in [-0.1, -0.05) is 6.07 Å². The number of hydrogen-bond donors (Lipinski definition) is 0. The number of halogens is 2. The standard InChI is InChI=1S/C13H14F2O2/c1-7-5-9(12(15)10(14)6-7)11(8-3-4-8)13(16)17-2/h5-6,8,11H,3-4H2,1-2H3. The molecular weight excluding hydrogens is 226 g/mol. The fourth-order valence-corrected chi connectivity index (χ4v) is 2.11. The molecule has 0 radical (unpaired) electrons. The smallest absolute Gasteiger partial charge is 0.313 e. The van der Waals surface area contributed by atoms with Crippen LogP contribution in [-0.2, 0) is 9.53 Å². The van der Waals surface area contributed by atoms with Gasteiger partial charge in [-0.05, 0) is 37.3 Å². The molecule has 0 saturated heterocycles. The second-order valence-electron chi connectivity index (χ2n) is 4.49. The topological polar surface area (TPSA) is 26.3 Å². The molecule has 4 heteroatoms. The predicted molar refractivity (Wildman–Crippen MR) is 58.6 cm³/mol. The van der Waals surface area contributed by atoms with Gasteiger partial charge in [0.05, 0.1) is 13.0 Å². The number of ether oxygens (including phenoxy) is 1. The van der Waals surface area contributed by atoms with Gasteiger partial charge in [0.25, 0.3) is 0 Å². The van der Waals surface area contributed by atoms with E-state index in [1.165, 1.54) is 13.2 Å². The first-order valence-corrected chi connectivity index (χ1v) is 5.58. The Hall–Kier alpha value is -1.45. The molecule has 2 nitrogen and oxygen atoms in total. The molecule has 0 aromatic heterocycles. The fraction of sp³-hybridized carbons (Fsp3) is 0.462. The summed E-state index contributed by atoms with van der Waals surface area (Å²) in [5.41, 5.74) is 0.727. The average molecular weight is 240 g/mol. The Morgan fingerprint density at radius 3 is 2.59 bits per heavy atom. The van der Waals surface area contributed by atoms with Crippen molar-refractivity contribution in [3.8, 4) is 0 Å². The molecule has 1 unspecified atom stereocenters. The maximum atomic E-state index is 13.7. The summed E-state index contributed by atoms with van der Waals surface area (Å²) in [4.78, 5) is 11.7. The van der Waals surface area contributed by atoms with Gasteiger partial charge in [0.2, 0.25) is 0 Å². The lowest BCUT2D eigenvalue weighted by atomic mass is 9.92. The van der Waals surface area contributed by atoms with Gasteiger partial charge in [0.15, 0.2) is 11.6 Å². The normalized spacial score (nSPS) is 16.7. The van der Waals surface area contributed by atoms with Crippen molar-refractivity contribution in [3.63, 3.8) is 0 Å². The van der Waals surface area contributed by atoms with Crippen LogP contribution in [0.4, 0.5) is 8.78 Å². The first-order valence-electron chi connectivity index (χ1n) is 5.58. The van der Waals surface area contributed by atoms with E-state index in [2.05, 4.69) is 4.74 Å². The van der Waals surface area contributed by atoms with Crippen molar-refractivity contribution in [1.29, 1.82) is 0 Å². The van der Waals surface area contributed by atoms with Gasteiger partial charge in [-0.2, -0.15) is 0 Å². The number of methoxy groups -OCH3 is 1. The van der Waals surface area contributed by atoms with Gasteiger partial charge in [-0.3, -0.25) is 4.79 Å². The van der Waals surface area contributed by atoms with Crippen LogP contribution >= 0.6 is 0 Å². The lowest BCUT2D eigenvalue weighted by molar-refractivity contribution is -0.143. The van der Waals surface area contributed by atoms with E-state index >= 15 is 0 Å². The summed E-state index contributed by atoms with van der Waals surface area (Å²) < 4.78 is 31.7. The largest absolute Gasteiger partial charge is 0.469 e. The predicted octanol–water partition coefficient (Wildman–Crippen LogP) is 2.94. The third-order valence-corrected chi connectivity index (χ3v) is 3.08. The number of benzene rings is 1. The fourth-order valence-electron chi connectivity index (χ4n) is 2.11. The third kappa shape index (κ3) is 2.30. The van der Waals surface area contributed by atoms with E-state index in [0.717, 1.165) is 18.9 Å². The Labute approximate surface area is 98.6 Å². The zero-order valence-corrected chi connectivity index (χ0v) is 9.80. The summed E-state index contributed by atoms with van der Waals surface area (Å²) in [5.74, 6) is -2.92. The van der Waals surface area contributed by atoms with Crippen molar-refractivity contribution >= 4 is 5.97 Å². The molecule has 17 heavy (non-hydrogen) atoms. The number of carbonyl (C=O) groups excluding carboxylic acids is 1. The molecule has 0 heterocycles. The van der Waals surface area contributed by atoms with E-state index in [1.807, 2.05) is 0 Å². The summed E-state index contributed by atoms with van der Waals surface area (Å²) in [5, 5.41) is 0. The quantitative estimate of drug-likeness (QED) is 0.759. The van der Waals surface area contributed by atoms with E-state index in [1.54, 1.807) is 6.92 Å². The van der Waals surface area contributed by atoms with Crippen LogP contribution in [0.5, 0.6) is 0 Å². The highest BCUT2D eigenvalue weighted by atomic mass is 19.2. The SMILES string of the molecule is COC(=O)C(c1cc(C)cc(F)c1F)C1CC1. The molecule has 1 atom stereocenters. The Kier molecular flexibility index (Phi) is 3.13. The lowest BCUT2D eigenvalue weighted by Crippen LogP contribution is -2.18. The van der Waals surface area contributed by atoms with Crippen LogP contribution in [-0.4, -0.2) is 13.1 Å². The van der Waals surface area contributed by atoms with Crippen LogP contribution in [0.25, 0.3) is 0 Å². The second-order valence-corrected chi connectivity index (χ2v) is 4.49. The van der Waals surface area contributed by atoms with Gasteiger partial charge in [-0.25, -0.2) is 8.78 Å². The van der Waals surface area contributed by atoms with Crippen LogP contribution in [0.2, 0.25) is 0 Å². The van der Waals surface area contributed by atoms with Gasteiger partial charge in [-0.15, -0.1) is 0 Å². The molecule has 92 valence electrons. The van der Waals surface area contributed by atoms with Crippen molar-refractivity contribution < 1.29 is 18.3 Å². The number of hydrogen-bond acceptors (Lipinski definition) is 2. The molecule has 1 aliphatic rings. The third-order valence-electron chi connectivity index (χ3n) is 3.08. The zero-order valence-electron chi connectivity index (χ0n) is 9.80. The molecule has 1 aromatic rings. The highest BCUT2D eigenvalue weighted by molar-refractivity contribution is 5.79. The van der Waals surface area contributed by atoms with Crippen molar-refractivity contribution in [1.82, 2.24) is 0 Å². The number of aryl methyl sites for hydroxylation is 1. The van der Waals surface area contributed by atoms with E-state index in [0.29, 0.717) is 5.56 Å². The molecule has 1 fully saturated rings. The minimum atomic E-state index is -0.932. The minimum absolute atomic E-state index is 0.0816. The van der Waals surface area contributed by atoms with Crippen LogP contribution in [0.15, 0.2) is 12.1 Å². The maximum absolute atomic E-state index is 13.7. The first kappa shape index (κ1) is 12.0. The molecule has 0 amide bonds. The van der Waals surface area contributed by atoms with Crippen LogP contribution in [0.1, 0.15) is 29.9 Å². The summed E-state index contributed by atoms with van der Waals surface area (Å²) in [7, 11) is 1.27. The zero-order chi connectivity index (χ0) is 12.6. The molecule has 2 rings (SSSR count). The molecule has 0 bridgehead atoms. The molecule has 0 spiro atoms. The summed E-state index contributed by atoms with van der Waals surface area (Å²) in [6.45, 7) is 1.67. The molecule has 1 aromatic carbocycles. The Morgan fingerprint density at radius 1 is 1.41 bits per heavy atom. The van der Waals surface area contributed by atoms with Crippen molar-refractivity contribution in [2.24, 2.45) is 5.92 Å². The summed E-state index contributed by atoms with van der Waals surface area (Å²) in [6.07, 6.45) is 1.71. The van der Waals surface area contributed by atoms with Crippen molar-refractivity contribution in [2.75, 3.05) is 7.11 Å². The van der Waals surface area contributed by atoms with Gasteiger partial charge >= 0.3 is 5.97 Å². The highest BCUT2D eigenvalue weighted by Gasteiger charge is 2.40. The van der Waals surface area contributed by atoms with Crippen molar-refractivity contribution in [3.05, 3.63) is 34.9 Å². The highest BCUT2D eigenvalue weighted by Crippen LogP contribution is 2.44. The van der Waals surface area contributed by atoms with E-state index in [4.69, 9.17) is 0 Å². The molecule has 1 aliphatic carbocycles. The Balaban J connectivity index is 2.45. The van der Waals surface area contributed by atoms with Gasteiger partial charge in [0.1, 0.15) is 0 Å². The van der Waals surface area contributed by atoms with E-state index < -0.39 is 23.5 Å². The Bertz CT molecular complexity index is 453. The summed E-state index contributed by atoms with van der Waals surface area (Å²) >= 11 is 0. The monoisotopic (exact) mass is 240 g/mol. The maximum Gasteiger partial charge on any atom is 0.313 e. The molecule has 0 N–H and O–H groups in total. The second kappa shape index (κ2) is 4.43. The number of rotatable bonds is 3. The van der Waals surface area contributed by atoms with Crippen LogP contribution in [0.3, 0.4) is 0 Å². The van der Waals surface area contributed by atoms with Gasteiger partial charge < -0.3 is 4.74 Å². The number of esters is 1. The number of carbonyl (C=O) groups is 1. The van der Waals surface area contributed by atoms with Crippen LogP contribution in [0, 0.1) is 24.5 Å². The van der Waals surface area contributed by atoms with E-state index in [9.17, 15) is 13.6 Å². The minimum Gasteiger partial charge on any atom is -0.469 e. The van der Waals surface area contributed by atoms with Gasteiger partial charge in [0, 0.05) is 5.56 Å². The average Bonchev–Trinajstić information content (AvgIpc) is 3.09. The molecule has 1 saturated carbocycles. The van der Waals surface area contributed by atoms with E-state index in [-0.39, 0.29) is 11.5 Å². The Morgan fingerprint density at radius 2 is 2.06 bits per heavy atom. The van der Waals surface area contributed by atoms with Crippen molar-refractivity contribution in [2.45, 2.75) is 25.7 Å². The first-order chi connectivity index (χ1) is 8.04. The van der Waals surface area contributed by atoms with Crippen LogP contribution < -0.4 is 0 Å². The lowest BCUT2D eigenvalue weighted by Gasteiger charge is -2.16. The summed E-state index contributed by atoms with van der Waals surface area (Å²) in [6, 6.07) is 2.65. The molecule has 0 aliphatic heterocycles. The molecular formula is C13H14F2O2.